The number of hydrogen-bond donors (Lipinski definition) is 0. The number of fused-ring (bicyclic) bond motifs is 9. The molecular weight excluding hydrogens is 819 g/mol. The highest BCUT2D eigenvalue weighted by atomic mass is 28.3. The fraction of sp³-hybridized carbons (Fsp3) is 0.262. The largest absolute Gasteiger partial charge is 0.456 e. The Labute approximate surface area is 388 Å². The van der Waals surface area contributed by atoms with Crippen LogP contribution in [0.25, 0.3) is 89.5 Å². The Morgan fingerprint density at radius 2 is 1.11 bits per heavy atom. The number of aromatic nitrogens is 3. The first-order chi connectivity index (χ1) is 32.0. The van der Waals surface area contributed by atoms with Crippen molar-refractivity contribution in [2.75, 3.05) is 0 Å². The van der Waals surface area contributed by atoms with Crippen LogP contribution in [0.1, 0.15) is 65.5 Å². The molecule has 4 saturated carbocycles. The van der Waals surface area contributed by atoms with Crippen LogP contribution < -0.4 is 10.4 Å². The van der Waals surface area contributed by atoms with Gasteiger partial charge in [0.05, 0.1) is 0 Å². The molecule has 0 saturated heterocycles. The molecule has 1 spiro atoms. The van der Waals surface area contributed by atoms with Gasteiger partial charge in [0.25, 0.3) is 0 Å². The van der Waals surface area contributed by atoms with Crippen molar-refractivity contribution >= 4 is 40.4 Å². The maximum absolute atomic E-state index is 6.68. The van der Waals surface area contributed by atoms with Crippen LogP contribution in [0, 0.1) is 51.4 Å². The van der Waals surface area contributed by atoms with Crippen molar-refractivity contribution in [2.45, 2.75) is 78.3 Å². The second-order valence-corrected chi connectivity index (χ2v) is 25.7. The molecule has 6 aliphatic rings. The summed E-state index contributed by atoms with van der Waals surface area (Å²) in [4.78, 5) is 16.2. The van der Waals surface area contributed by atoms with Gasteiger partial charge < -0.3 is 4.42 Å². The van der Waals surface area contributed by atoms with E-state index in [1.807, 2.05) is 0 Å². The third-order valence-corrected chi connectivity index (χ3v) is 20.8. The molecule has 66 heavy (non-hydrogen) atoms. The number of para-hydroxylation sites is 1. The normalized spacial score (nSPS) is 22.6. The summed E-state index contributed by atoms with van der Waals surface area (Å²) in [5.74, 6) is 5.26. The predicted molar refractivity (Wildman–Crippen MR) is 273 cm³/mol. The van der Waals surface area contributed by atoms with E-state index in [0.717, 1.165) is 56.9 Å². The molecule has 0 atom stereocenters. The lowest BCUT2D eigenvalue weighted by atomic mass is 9.43. The van der Waals surface area contributed by atoms with Gasteiger partial charge in [-0.15, -0.1) is 0 Å². The van der Waals surface area contributed by atoms with E-state index < -0.39 is 8.07 Å². The van der Waals surface area contributed by atoms with E-state index in [9.17, 15) is 0 Å². The van der Waals surface area contributed by atoms with Crippen LogP contribution in [0.2, 0.25) is 13.1 Å². The monoisotopic (exact) mass is 871 g/mol. The maximum Gasteiger partial charge on any atom is 0.164 e. The lowest BCUT2D eigenvalue weighted by Crippen LogP contribution is -2.55. The Kier molecular flexibility index (Phi) is 7.98. The smallest absolute Gasteiger partial charge is 0.164 e. The standard InChI is InChI=1S/C61H53N3OSi/c1-33-21-34(2)23-39(22-33)58-62-59(46-17-11-16-45-43-14-8-10-20-55(43)66(5,6)57(45)46)64-60(63-58)48-25-35(3)47(24-36(48)4)44-15-12-18-51-56(44)50-31-49-42-13-7-9-19-53(42)65-54(49)32-52(50)61(51)40-27-37-26-38(29-40)30-41(61)28-37/h7-25,31-32,37-38,40-41H,26-30H2,1-6H3. The topological polar surface area (TPSA) is 51.8 Å². The van der Waals surface area contributed by atoms with E-state index in [0.29, 0.717) is 17.7 Å². The van der Waals surface area contributed by atoms with Gasteiger partial charge in [-0.25, -0.2) is 15.0 Å². The number of hydrogen-bond acceptors (Lipinski definition) is 4. The molecule has 0 N–H and O–H groups in total. The van der Waals surface area contributed by atoms with Gasteiger partial charge >= 0.3 is 0 Å². The van der Waals surface area contributed by atoms with Crippen molar-refractivity contribution in [3.63, 3.8) is 0 Å². The summed E-state index contributed by atoms with van der Waals surface area (Å²) >= 11 is 0. The van der Waals surface area contributed by atoms with Crippen LogP contribution in [0.15, 0.2) is 132 Å². The first-order valence-corrected chi connectivity index (χ1v) is 27.3. The molecule has 322 valence electrons. The summed E-state index contributed by atoms with van der Waals surface area (Å²) in [5, 5.41) is 5.31. The zero-order chi connectivity index (χ0) is 44.4. The minimum Gasteiger partial charge on any atom is -0.456 e. The molecule has 1 aliphatic heterocycles. The van der Waals surface area contributed by atoms with Gasteiger partial charge in [0, 0.05) is 32.9 Å². The summed E-state index contributed by atoms with van der Waals surface area (Å²) in [6, 6.07) is 48.0. The summed E-state index contributed by atoms with van der Waals surface area (Å²) in [6.45, 7) is 13.8. The maximum atomic E-state index is 6.68. The van der Waals surface area contributed by atoms with Crippen LogP contribution in [0.5, 0.6) is 0 Å². The minimum absolute atomic E-state index is 0.0202. The Hall–Kier alpha value is -6.43. The average Bonchev–Trinajstić information content (AvgIpc) is 3.90. The van der Waals surface area contributed by atoms with Crippen LogP contribution in [0.3, 0.4) is 0 Å². The predicted octanol–water partition coefficient (Wildman–Crippen LogP) is 14.2. The molecule has 15 rings (SSSR count). The van der Waals surface area contributed by atoms with Crippen LogP contribution in [0.4, 0.5) is 0 Å². The summed E-state index contributed by atoms with van der Waals surface area (Å²) in [6.07, 6.45) is 6.82. The Bertz CT molecular complexity index is 3550. The summed E-state index contributed by atoms with van der Waals surface area (Å²) < 4.78 is 6.68. The molecule has 2 aromatic heterocycles. The van der Waals surface area contributed by atoms with E-state index >= 15 is 0 Å². The van der Waals surface area contributed by atoms with Gasteiger partial charge in [-0.2, -0.15) is 0 Å². The molecule has 0 radical (unpaired) electrons. The Balaban J connectivity index is 0.963. The lowest BCUT2D eigenvalue weighted by molar-refractivity contribution is -0.0399. The fourth-order valence-electron chi connectivity index (χ4n) is 14.9. The van der Waals surface area contributed by atoms with Gasteiger partial charge in [0.1, 0.15) is 19.2 Å². The minimum atomic E-state index is -2.07. The quantitative estimate of drug-likeness (QED) is 0.165. The highest BCUT2D eigenvalue weighted by Gasteiger charge is 2.62. The number of rotatable bonds is 4. The lowest BCUT2D eigenvalue weighted by Gasteiger charge is -2.61. The molecular formula is C61H53N3OSi. The molecule has 5 aliphatic carbocycles. The first kappa shape index (κ1) is 38.8. The van der Waals surface area contributed by atoms with E-state index in [1.165, 1.54) is 109 Å². The van der Waals surface area contributed by atoms with Crippen molar-refractivity contribution in [3.05, 3.63) is 161 Å². The molecule has 4 bridgehead atoms. The first-order valence-electron chi connectivity index (χ1n) is 24.3. The van der Waals surface area contributed by atoms with E-state index in [4.69, 9.17) is 19.4 Å². The Morgan fingerprint density at radius 3 is 1.89 bits per heavy atom. The Morgan fingerprint density at radius 1 is 0.485 bits per heavy atom. The molecule has 0 amide bonds. The molecule has 4 nitrogen and oxygen atoms in total. The van der Waals surface area contributed by atoms with Crippen LogP contribution in [-0.4, -0.2) is 23.0 Å². The van der Waals surface area contributed by atoms with Crippen LogP contribution >= 0.6 is 0 Å². The summed E-state index contributed by atoms with van der Waals surface area (Å²) in [5.41, 5.74) is 21.2. The summed E-state index contributed by atoms with van der Waals surface area (Å²) in [7, 11) is -2.07. The second kappa shape index (κ2) is 13.6. The van der Waals surface area contributed by atoms with Gasteiger partial charge in [-0.05, 0) is 186 Å². The van der Waals surface area contributed by atoms with Crippen molar-refractivity contribution in [2.24, 2.45) is 23.7 Å². The van der Waals surface area contributed by atoms with Crippen molar-refractivity contribution < 1.29 is 4.42 Å². The van der Waals surface area contributed by atoms with E-state index in [-0.39, 0.29) is 5.41 Å². The molecule has 3 heterocycles. The van der Waals surface area contributed by atoms with Crippen LogP contribution in [-0.2, 0) is 5.41 Å². The number of benzene rings is 7. The number of furan rings is 1. The van der Waals surface area contributed by atoms with Crippen molar-refractivity contribution in [1.82, 2.24) is 15.0 Å². The van der Waals surface area contributed by atoms with Crippen molar-refractivity contribution in [1.29, 1.82) is 0 Å². The van der Waals surface area contributed by atoms with Gasteiger partial charge in [-0.1, -0.05) is 115 Å². The zero-order valence-corrected chi connectivity index (χ0v) is 39.7. The van der Waals surface area contributed by atoms with Crippen molar-refractivity contribution in [3.8, 4) is 67.5 Å². The van der Waals surface area contributed by atoms with Gasteiger partial charge in [0.2, 0.25) is 0 Å². The molecule has 0 unspecified atom stereocenters. The molecule has 7 aromatic carbocycles. The second-order valence-electron chi connectivity index (χ2n) is 21.5. The average molecular weight is 872 g/mol. The molecule has 4 fully saturated rings. The SMILES string of the molecule is Cc1cc(C)cc(-c2nc(-c3cc(C)c(-c4cccc5c4-c4cc6c(cc4C54C5CC7CC(C5)CC4C7)oc4ccccc46)cc3C)nc(-c3cccc4c3[Si](C)(C)c3ccccc3-4)n2)c1. The van der Waals surface area contributed by atoms with E-state index in [1.54, 1.807) is 5.56 Å². The van der Waals surface area contributed by atoms with Gasteiger partial charge in [-0.3, -0.25) is 0 Å². The van der Waals surface area contributed by atoms with E-state index in [2.05, 4.69) is 168 Å². The number of nitrogens with zero attached hydrogens (tertiary/aromatic N) is 3. The third kappa shape index (κ3) is 5.24. The molecule has 5 heteroatoms. The highest BCUT2D eigenvalue weighted by molar-refractivity contribution is 7.04. The zero-order valence-electron chi connectivity index (χ0n) is 38.7. The molecule has 9 aromatic rings. The number of aryl methyl sites for hydroxylation is 4. The highest BCUT2D eigenvalue weighted by Crippen LogP contribution is 2.70. The fourth-order valence-corrected chi connectivity index (χ4v) is 18.3. The van der Waals surface area contributed by atoms with Gasteiger partial charge in [0.15, 0.2) is 17.5 Å². The third-order valence-electron chi connectivity index (χ3n) is 17.2.